The second-order valence-corrected chi connectivity index (χ2v) is 12.6. The number of unbranched alkanes of at least 4 members (excludes halogenated alkanes) is 14. The Bertz CT molecular complexity index is 895. The highest BCUT2D eigenvalue weighted by atomic mass is 16.6. The van der Waals surface area contributed by atoms with Crippen molar-refractivity contribution in [2.24, 2.45) is 0 Å². The Labute approximate surface area is 295 Å². The molecule has 0 rings (SSSR count). The van der Waals surface area contributed by atoms with Crippen molar-refractivity contribution in [3.63, 3.8) is 0 Å². The van der Waals surface area contributed by atoms with Crippen LogP contribution in [0.25, 0.3) is 0 Å². The van der Waals surface area contributed by atoms with Gasteiger partial charge < -0.3 is 14.6 Å². The van der Waals surface area contributed by atoms with Crippen molar-refractivity contribution < 1.29 is 24.2 Å². The predicted octanol–water partition coefficient (Wildman–Crippen LogP) is 12.2. The third kappa shape index (κ3) is 36.2. The molecule has 48 heavy (non-hydrogen) atoms. The molecule has 0 aliphatic carbocycles. The number of esters is 2. The lowest BCUT2D eigenvalue weighted by molar-refractivity contribution is -0.161. The molecule has 0 radical (unpaired) electrons. The van der Waals surface area contributed by atoms with E-state index in [0.29, 0.717) is 12.8 Å². The van der Waals surface area contributed by atoms with Crippen LogP contribution in [0.15, 0.2) is 72.9 Å². The molecule has 5 heteroatoms. The molecule has 0 spiro atoms. The third-order valence-electron chi connectivity index (χ3n) is 7.99. The Balaban J connectivity index is 3.72. The van der Waals surface area contributed by atoms with Gasteiger partial charge in [-0.3, -0.25) is 9.59 Å². The minimum absolute atomic E-state index is 0.110. The van der Waals surface area contributed by atoms with Crippen molar-refractivity contribution in [3.05, 3.63) is 72.9 Å². The van der Waals surface area contributed by atoms with Crippen molar-refractivity contribution in [1.82, 2.24) is 0 Å². The van der Waals surface area contributed by atoms with Crippen molar-refractivity contribution in [2.45, 2.75) is 174 Å². The van der Waals surface area contributed by atoms with Gasteiger partial charge in [0.2, 0.25) is 0 Å². The van der Waals surface area contributed by atoms with Gasteiger partial charge in [-0.15, -0.1) is 0 Å². The molecule has 0 aromatic rings. The maximum atomic E-state index is 12.1. The summed E-state index contributed by atoms with van der Waals surface area (Å²) < 4.78 is 10.5. The van der Waals surface area contributed by atoms with E-state index in [-0.39, 0.29) is 31.6 Å². The van der Waals surface area contributed by atoms with Gasteiger partial charge in [-0.1, -0.05) is 151 Å². The van der Waals surface area contributed by atoms with Crippen molar-refractivity contribution in [2.75, 3.05) is 13.2 Å². The fraction of sp³-hybridized carbons (Fsp3) is 0.674. The van der Waals surface area contributed by atoms with Crippen LogP contribution in [-0.2, 0) is 19.1 Å². The maximum absolute atomic E-state index is 12.1. The molecular formula is C43H72O5. The zero-order chi connectivity index (χ0) is 35.0. The van der Waals surface area contributed by atoms with Crippen molar-refractivity contribution >= 4 is 11.9 Å². The third-order valence-corrected chi connectivity index (χ3v) is 7.99. The van der Waals surface area contributed by atoms with Crippen LogP contribution in [0.1, 0.15) is 168 Å². The summed E-state index contributed by atoms with van der Waals surface area (Å²) in [7, 11) is 0. The summed E-state index contributed by atoms with van der Waals surface area (Å²) in [4.78, 5) is 24.2. The second kappa shape index (κ2) is 38.8. The van der Waals surface area contributed by atoms with Crippen LogP contribution in [0.3, 0.4) is 0 Å². The summed E-state index contributed by atoms with van der Waals surface area (Å²) in [6.07, 6.45) is 51.1. The van der Waals surface area contributed by atoms with Crippen LogP contribution in [0.5, 0.6) is 0 Å². The average Bonchev–Trinajstić information content (AvgIpc) is 3.09. The molecule has 0 unspecified atom stereocenters. The first-order chi connectivity index (χ1) is 23.6. The van der Waals surface area contributed by atoms with Crippen LogP contribution < -0.4 is 0 Å². The fourth-order valence-electron chi connectivity index (χ4n) is 5.00. The van der Waals surface area contributed by atoms with Gasteiger partial charge in [0.15, 0.2) is 6.10 Å². The number of ether oxygens (including phenoxy) is 2. The van der Waals surface area contributed by atoms with Gasteiger partial charge in [0.05, 0.1) is 6.61 Å². The maximum Gasteiger partial charge on any atom is 0.306 e. The summed E-state index contributed by atoms with van der Waals surface area (Å²) in [5.41, 5.74) is 0. The van der Waals surface area contributed by atoms with Crippen LogP contribution in [0.4, 0.5) is 0 Å². The molecule has 1 atom stereocenters. The minimum atomic E-state index is -0.806. The van der Waals surface area contributed by atoms with Crippen LogP contribution in [-0.4, -0.2) is 36.4 Å². The molecule has 0 aliphatic heterocycles. The van der Waals surface area contributed by atoms with Crippen LogP contribution in [0, 0.1) is 0 Å². The molecule has 0 amide bonds. The van der Waals surface area contributed by atoms with Gasteiger partial charge in [0.25, 0.3) is 0 Å². The summed E-state index contributed by atoms with van der Waals surface area (Å²) in [5.74, 6) is -0.698. The van der Waals surface area contributed by atoms with Crippen molar-refractivity contribution in [3.8, 4) is 0 Å². The first-order valence-corrected chi connectivity index (χ1v) is 19.5. The zero-order valence-electron chi connectivity index (χ0n) is 31.0. The molecule has 274 valence electrons. The van der Waals surface area contributed by atoms with E-state index in [1.165, 1.54) is 89.9 Å². The molecule has 0 fully saturated rings. The monoisotopic (exact) mass is 669 g/mol. The molecule has 0 aliphatic rings. The molecule has 0 heterocycles. The number of hydrogen-bond donors (Lipinski definition) is 1. The highest BCUT2D eigenvalue weighted by Crippen LogP contribution is 2.12. The van der Waals surface area contributed by atoms with Gasteiger partial charge in [-0.25, -0.2) is 0 Å². The normalized spacial score (nSPS) is 13.0. The van der Waals surface area contributed by atoms with E-state index in [9.17, 15) is 14.7 Å². The number of aliphatic hydroxyl groups is 1. The molecule has 0 aromatic heterocycles. The summed E-state index contributed by atoms with van der Waals surface area (Å²) >= 11 is 0. The molecule has 0 saturated carbocycles. The first-order valence-electron chi connectivity index (χ1n) is 19.5. The Hall–Kier alpha value is -2.66. The lowest BCUT2D eigenvalue weighted by Gasteiger charge is -2.15. The summed E-state index contributed by atoms with van der Waals surface area (Å²) in [5, 5.41) is 9.54. The van der Waals surface area contributed by atoms with Gasteiger partial charge in [-0.05, 0) is 77.0 Å². The Morgan fingerprint density at radius 2 is 0.875 bits per heavy atom. The van der Waals surface area contributed by atoms with E-state index in [1.807, 2.05) is 12.2 Å². The molecule has 0 aromatic carbocycles. The highest BCUT2D eigenvalue weighted by Gasteiger charge is 2.15. The largest absolute Gasteiger partial charge is 0.462 e. The van der Waals surface area contributed by atoms with E-state index in [2.05, 4.69) is 74.6 Å². The molecule has 1 N–H and O–H groups in total. The molecule has 5 nitrogen and oxygen atoms in total. The number of rotatable bonds is 34. The Morgan fingerprint density at radius 1 is 0.479 bits per heavy atom. The lowest BCUT2D eigenvalue weighted by atomic mass is 10.1. The standard InChI is InChI=1S/C43H72O5/c1-3-5-7-9-11-13-15-17-19-20-21-22-24-25-27-29-31-33-35-37-42(45)47-40-41(39-44)48-43(46)38-36-34-32-30-28-26-23-18-16-14-12-10-8-6-4-2/h11,13-14,16-17,19,21-22,25,27,31,33,41,44H,3-10,12,15,18,20,23-24,26,28-30,32,34-40H2,1-2H3/b13-11-,16-14-,19-17-,22-21-,27-25-,33-31-/t41-/m0/s1. The Kier molecular flexibility index (Phi) is 36.6. The lowest BCUT2D eigenvalue weighted by Crippen LogP contribution is -2.28. The van der Waals surface area contributed by atoms with E-state index in [1.54, 1.807) is 0 Å². The number of hydrogen-bond acceptors (Lipinski definition) is 5. The van der Waals surface area contributed by atoms with E-state index >= 15 is 0 Å². The number of carbonyl (C=O) groups is 2. The first kappa shape index (κ1) is 45.3. The summed E-state index contributed by atoms with van der Waals surface area (Å²) in [6.45, 7) is 4.01. The average molecular weight is 669 g/mol. The number of carbonyl (C=O) groups excluding carboxylic acids is 2. The second-order valence-electron chi connectivity index (χ2n) is 12.6. The van der Waals surface area contributed by atoms with E-state index < -0.39 is 6.10 Å². The topological polar surface area (TPSA) is 72.8 Å². The summed E-state index contributed by atoms with van der Waals surface area (Å²) in [6, 6.07) is 0. The van der Waals surface area contributed by atoms with Crippen LogP contribution >= 0.6 is 0 Å². The Morgan fingerprint density at radius 3 is 1.40 bits per heavy atom. The smallest absolute Gasteiger partial charge is 0.306 e. The zero-order valence-corrected chi connectivity index (χ0v) is 31.0. The fourth-order valence-corrected chi connectivity index (χ4v) is 5.00. The van der Waals surface area contributed by atoms with Gasteiger partial charge in [0.1, 0.15) is 6.61 Å². The SMILES string of the molecule is CCCCC/C=C\C/C=C\C/C=C\C/C=C\C/C=C\CCC(=O)OC[C@H](CO)OC(=O)CCCCCCCCC/C=C\CCCCCC. The van der Waals surface area contributed by atoms with Crippen LogP contribution in [0.2, 0.25) is 0 Å². The highest BCUT2D eigenvalue weighted by molar-refractivity contribution is 5.70. The molecular weight excluding hydrogens is 596 g/mol. The van der Waals surface area contributed by atoms with Gasteiger partial charge >= 0.3 is 11.9 Å². The molecule has 0 bridgehead atoms. The molecule has 0 saturated heterocycles. The predicted molar refractivity (Wildman–Crippen MR) is 205 cm³/mol. The quantitative estimate of drug-likeness (QED) is 0.0420. The number of aliphatic hydroxyl groups excluding tert-OH is 1. The van der Waals surface area contributed by atoms with E-state index in [4.69, 9.17) is 9.47 Å². The van der Waals surface area contributed by atoms with Crippen molar-refractivity contribution in [1.29, 1.82) is 0 Å². The van der Waals surface area contributed by atoms with E-state index in [0.717, 1.165) is 44.9 Å². The number of allylic oxidation sites excluding steroid dienone is 12. The van der Waals surface area contributed by atoms with Gasteiger partial charge in [-0.2, -0.15) is 0 Å². The van der Waals surface area contributed by atoms with Gasteiger partial charge in [0, 0.05) is 12.8 Å². The minimum Gasteiger partial charge on any atom is -0.462 e.